The molecule has 22 heavy (non-hydrogen) atoms. The molecular weight excluding hydrogens is 272 g/mol. The minimum Gasteiger partial charge on any atom is -0.382 e. The van der Waals surface area contributed by atoms with Crippen molar-refractivity contribution in [1.29, 1.82) is 0 Å². The van der Waals surface area contributed by atoms with Gasteiger partial charge in [0, 0.05) is 7.11 Å². The van der Waals surface area contributed by atoms with E-state index in [0.717, 1.165) is 6.42 Å². The Morgan fingerprint density at radius 1 is 0.864 bits per heavy atom. The molecule has 0 radical (unpaired) electrons. The number of rotatable bonds is 13. The van der Waals surface area contributed by atoms with Crippen LogP contribution >= 0.6 is 0 Å². The van der Waals surface area contributed by atoms with E-state index in [0.29, 0.717) is 13.2 Å². The van der Waals surface area contributed by atoms with Crippen LogP contribution in [0.25, 0.3) is 0 Å². The summed E-state index contributed by atoms with van der Waals surface area (Å²) in [4.78, 5) is 0. The third kappa shape index (κ3) is 7.42. The van der Waals surface area contributed by atoms with Crippen molar-refractivity contribution in [3.63, 3.8) is 0 Å². The van der Waals surface area contributed by atoms with E-state index in [1.54, 1.807) is 7.11 Å². The second-order valence-electron chi connectivity index (χ2n) is 6.31. The summed E-state index contributed by atoms with van der Waals surface area (Å²) in [6.45, 7) is 5.79. The molecule has 1 atom stereocenters. The molecule has 0 heterocycles. The summed E-state index contributed by atoms with van der Waals surface area (Å²) >= 11 is 0. The zero-order valence-corrected chi connectivity index (χ0v) is 14.8. The molecule has 0 aliphatic carbocycles. The molecule has 1 unspecified atom stereocenters. The van der Waals surface area contributed by atoms with Crippen molar-refractivity contribution >= 4 is 0 Å². The lowest BCUT2D eigenvalue weighted by Crippen LogP contribution is -2.27. The van der Waals surface area contributed by atoms with Gasteiger partial charge in [-0.3, -0.25) is 0 Å². The fourth-order valence-electron chi connectivity index (χ4n) is 2.86. The second-order valence-corrected chi connectivity index (χ2v) is 6.31. The maximum Gasteiger partial charge on any atom is 0.0904 e. The van der Waals surface area contributed by atoms with Gasteiger partial charge in [0.25, 0.3) is 0 Å². The predicted octanol–water partition coefficient (Wildman–Crippen LogP) is 5.71. The Morgan fingerprint density at radius 3 is 2.14 bits per heavy atom. The lowest BCUT2D eigenvalue weighted by atomic mass is 9.89. The van der Waals surface area contributed by atoms with E-state index in [4.69, 9.17) is 9.47 Å². The van der Waals surface area contributed by atoms with Crippen LogP contribution in [-0.4, -0.2) is 20.3 Å². The highest BCUT2D eigenvalue weighted by atomic mass is 16.5. The number of benzene rings is 1. The molecule has 0 fully saturated rings. The van der Waals surface area contributed by atoms with Gasteiger partial charge in [0.1, 0.15) is 0 Å². The van der Waals surface area contributed by atoms with Crippen molar-refractivity contribution < 1.29 is 9.47 Å². The maximum absolute atomic E-state index is 6.18. The molecular formula is C20H34O2. The molecule has 0 N–H and O–H groups in total. The lowest BCUT2D eigenvalue weighted by Gasteiger charge is -2.31. The van der Waals surface area contributed by atoms with Gasteiger partial charge in [-0.1, -0.05) is 82.2 Å². The van der Waals surface area contributed by atoms with Crippen LogP contribution in [0, 0.1) is 0 Å². The summed E-state index contributed by atoms with van der Waals surface area (Å²) in [5.41, 5.74) is 1.08. The van der Waals surface area contributed by atoms with Crippen molar-refractivity contribution in [2.24, 2.45) is 0 Å². The average Bonchev–Trinajstić information content (AvgIpc) is 2.55. The van der Waals surface area contributed by atoms with E-state index < -0.39 is 0 Å². The highest BCUT2D eigenvalue weighted by molar-refractivity contribution is 5.21. The van der Waals surface area contributed by atoms with Gasteiger partial charge < -0.3 is 9.47 Å². The van der Waals surface area contributed by atoms with Crippen molar-refractivity contribution in [1.82, 2.24) is 0 Å². The van der Waals surface area contributed by atoms with Crippen LogP contribution in [0.4, 0.5) is 0 Å². The van der Waals surface area contributed by atoms with Crippen molar-refractivity contribution in [2.45, 2.75) is 70.8 Å². The first kappa shape index (κ1) is 19.2. The van der Waals surface area contributed by atoms with Crippen LogP contribution < -0.4 is 0 Å². The van der Waals surface area contributed by atoms with Gasteiger partial charge in [0.2, 0.25) is 0 Å². The molecule has 0 saturated carbocycles. The fourth-order valence-corrected chi connectivity index (χ4v) is 2.86. The molecule has 0 aromatic heterocycles. The zero-order valence-electron chi connectivity index (χ0n) is 14.8. The van der Waals surface area contributed by atoms with Gasteiger partial charge in [0.05, 0.1) is 18.8 Å². The van der Waals surface area contributed by atoms with Crippen molar-refractivity contribution in [2.75, 3.05) is 20.3 Å². The van der Waals surface area contributed by atoms with Gasteiger partial charge >= 0.3 is 0 Å². The Kier molecular flexibility index (Phi) is 10.2. The van der Waals surface area contributed by atoms with E-state index in [2.05, 4.69) is 44.2 Å². The van der Waals surface area contributed by atoms with E-state index in [-0.39, 0.29) is 5.60 Å². The molecule has 0 saturated heterocycles. The summed E-state index contributed by atoms with van der Waals surface area (Å²) in [5.74, 6) is 0. The van der Waals surface area contributed by atoms with Gasteiger partial charge in [-0.2, -0.15) is 0 Å². The fraction of sp³-hybridized carbons (Fsp3) is 0.700. The third-order valence-electron chi connectivity index (χ3n) is 4.35. The monoisotopic (exact) mass is 306 g/mol. The standard InChI is InChI=1S/C20H34O2/c1-4-5-6-7-8-9-13-16-20(2,22-18-17-21-3)19-14-11-10-12-15-19/h10-12,14-15H,4-9,13,16-18H2,1-3H3. The molecule has 2 nitrogen and oxygen atoms in total. The van der Waals surface area contributed by atoms with E-state index in [1.807, 2.05) is 0 Å². The second kappa shape index (κ2) is 11.7. The molecule has 1 aromatic carbocycles. The molecule has 0 aliphatic rings. The lowest BCUT2D eigenvalue weighted by molar-refractivity contribution is -0.0622. The summed E-state index contributed by atoms with van der Waals surface area (Å²) in [5, 5.41) is 0. The Labute approximate surface area is 137 Å². The molecule has 2 heteroatoms. The summed E-state index contributed by atoms with van der Waals surface area (Å²) in [7, 11) is 1.72. The Balaban J connectivity index is 2.42. The summed E-state index contributed by atoms with van der Waals surface area (Å²) in [6, 6.07) is 10.6. The smallest absolute Gasteiger partial charge is 0.0904 e. The number of hydrogen-bond acceptors (Lipinski definition) is 2. The maximum atomic E-state index is 6.18. The molecule has 1 aromatic rings. The van der Waals surface area contributed by atoms with Gasteiger partial charge in [-0.25, -0.2) is 0 Å². The average molecular weight is 306 g/mol. The van der Waals surface area contributed by atoms with Crippen LogP contribution in [0.15, 0.2) is 30.3 Å². The van der Waals surface area contributed by atoms with Crippen LogP contribution in [0.3, 0.4) is 0 Å². The van der Waals surface area contributed by atoms with E-state index >= 15 is 0 Å². The third-order valence-corrected chi connectivity index (χ3v) is 4.35. The predicted molar refractivity (Wildman–Crippen MR) is 94.2 cm³/mol. The Bertz CT molecular complexity index is 363. The molecule has 0 spiro atoms. The minimum absolute atomic E-state index is 0.191. The number of hydrogen-bond donors (Lipinski definition) is 0. The van der Waals surface area contributed by atoms with Crippen LogP contribution in [0.5, 0.6) is 0 Å². The number of unbranched alkanes of at least 4 members (excludes halogenated alkanes) is 6. The van der Waals surface area contributed by atoms with E-state index in [9.17, 15) is 0 Å². The molecule has 1 rings (SSSR count). The largest absolute Gasteiger partial charge is 0.382 e. The summed E-state index contributed by atoms with van der Waals surface area (Å²) in [6.07, 6.45) is 10.4. The quantitative estimate of drug-likeness (QED) is 0.435. The first-order valence-corrected chi connectivity index (χ1v) is 8.91. The normalized spacial score (nSPS) is 14.0. The zero-order chi connectivity index (χ0) is 16.1. The number of methoxy groups -OCH3 is 1. The Morgan fingerprint density at radius 2 is 1.50 bits per heavy atom. The van der Waals surface area contributed by atoms with Crippen molar-refractivity contribution in [3.05, 3.63) is 35.9 Å². The highest BCUT2D eigenvalue weighted by Crippen LogP contribution is 2.31. The van der Waals surface area contributed by atoms with Crippen LogP contribution in [0.1, 0.15) is 70.8 Å². The first-order valence-electron chi connectivity index (χ1n) is 8.91. The minimum atomic E-state index is -0.191. The van der Waals surface area contributed by atoms with Gasteiger partial charge in [0.15, 0.2) is 0 Å². The topological polar surface area (TPSA) is 18.5 Å². The van der Waals surface area contributed by atoms with Gasteiger partial charge in [-0.15, -0.1) is 0 Å². The van der Waals surface area contributed by atoms with Crippen molar-refractivity contribution in [3.8, 4) is 0 Å². The molecule has 0 bridgehead atoms. The van der Waals surface area contributed by atoms with Gasteiger partial charge in [-0.05, 0) is 18.9 Å². The van der Waals surface area contributed by atoms with E-state index in [1.165, 1.54) is 50.5 Å². The Hall–Kier alpha value is -0.860. The molecule has 0 amide bonds. The summed E-state index contributed by atoms with van der Waals surface area (Å²) < 4.78 is 11.3. The molecule has 126 valence electrons. The highest BCUT2D eigenvalue weighted by Gasteiger charge is 2.26. The van der Waals surface area contributed by atoms with Crippen LogP contribution in [-0.2, 0) is 15.1 Å². The SMILES string of the molecule is CCCCCCCCCC(C)(OCCOC)c1ccccc1. The number of ether oxygens (including phenoxy) is 2. The first-order chi connectivity index (χ1) is 10.7. The van der Waals surface area contributed by atoms with Crippen LogP contribution in [0.2, 0.25) is 0 Å². The molecule has 0 aliphatic heterocycles.